The first kappa shape index (κ1) is 23.7. The number of ether oxygens (including phenoxy) is 1. The highest BCUT2D eigenvalue weighted by atomic mass is 16.6. The Kier molecular flexibility index (Phi) is 8.65. The van der Waals surface area contributed by atoms with Crippen molar-refractivity contribution in [2.75, 3.05) is 38.0 Å². The van der Waals surface area contributed by atoms with Crippen LogP contribution in [0.2, 0.25) is 0 Å². The molecule has 8 heteroatoms. The van der Waals surface area contributed by atoms with Crippen molar-refractivity contribution in [1.82, 2.24) is 15.5 Å². The predicted octanol–water partition coefficient (Wildman–Crippen LogP) is 2.29. The van der Waals surface area contributed by atoms with Gasteiger partial charge in [-0.1, -0.05) is 17.7 Å². The molecule has 3 N–H and O–H groups in total. The second-order valence-corrected chi connectivity index (χ2v) is 8.71. The van der Waals surface area contributed by atoms with Crippen LogP contribution in [0.15, 0.2) is 24.3 Å². The quantitative estimate of drug-likeness (QED) is 0.590. The van der Waals surface area contributed by atoms with Gasteiger partial charge in [-0.3, -0.25) is 14.5 Å². The molecule has 8 nitrogen and oxygen atoms in total. The van der Waals surface area contributed by atoms with Crippen LogP contribution in [0.3, 0.4) is 0 Å². The topological polar surface area (TPSA) is 99.8 Å². The highest BCUT2D eigenvalue weighted by Gasteiger charge is 2.26. The minimum atomic E-state index is -0.551. The number of piperidine rings is 1. The predicted molar refractivity (Wildman–Crippen MR) is 116 cm³/mol. The van der Waals surface area contributed by atoms with Crippen molar-refractivity contribution in [3.63, 3.8) is 0 Å². The molecule has 166 valence electrons. The van der Waals surface area contributed by atoms with Gasteiger partial charge < -0.3 is 20.7 Å². The smallest absolute Gasteiger partial charge is 0.407 e. The number of nitrogens with zero attached hydrogens (tertiary/aromatic N) is 1. The lowest BCUT2D eigenvalue weighted by Gasteiger charge is -2.31. The Labute approximate surface area is 178 Å². The van der Waals surface area contributed by atoms with E-state index in [0.717, 1.165) is 30.6 Å². The fourth-order valence-corrected chi connectivity index (χ4v) is 3.26. The normalized spacial score (nSPS) is 17.1. The van der Waals surface area contributed by atoms with E-state index < -0.39 is 11.7 Å². The summed E-state index contributed by atoms with van der Waals surface area (Å²) in [5, 5.41) is 8.37. The maximum absolute atomic E-state index is 12.4. The SMILES string of the molecule is Cc1ccc(NC(=O)CN2CCCC(C(=O)NCCNC(=O)OC(C)(C)C)C2)cc1. The largest absolute Gasteiger partial charge is 0.444 e. The van der Waals surface area contributed by atoms with Gasteiger partial charge in [-0.05, 0) is 59.2 Å². The van der Waals surface area contributed by atoms with Gasteiger partial charge in [0.25, 0.3) is 0 Å². The van der Waals surface area contributed by atoms with Crippen molar-refractivity contribution in [2.24, 2.45) is 5.92 Å². The summed E-state index contributed by atoms with van der Waals surface area (Å²) in [6.45, 7) is 9.63. The van der Waals surface area contributed by atoms with Crippen LogP contribution in [0.1, 0.15) is 39.2 Å². The monoisotopic (exact) mass is 418 g/mol. The van der Waals surface area contributed by atoms with Gasteiger partial charge in [0.1, 0.15) is 5.60 Å². The Morgan fingerprint density at radius 3 is 2.43 bits per heavy atom. The Balaban J connectivity index is 1.69. The number of rotatable bonds is 7. The first-order valence-electron chi connectivity index (χ1n) is 10.5. The van der Waals surface area contributed by atoms with E-state index in [-0.39, 0.29) is 24.3 Å². The number of likely N-dealkylation sites (tertiary alicyclic amines) is 1. The standard InChI is InChI=1S/C22H34N4O4/c1-16-7-9-18(10-8-16)25-19(27)15-26-13-5-6-17(14-26)20(28)23-11-12-24-21(29)30-22(2,3)4/h7-10,17H,5-6,11-15H2,1-4H3,(H,23,28)(H,24,29)(H,25,27). The third-order valence-corrected chi connectivity index (χ3v) is 4.67. The number of amides is 3. The van der Waals surface area contributed by atoms with Gasteiger partial charge in [-0.2, -0.15) is 0 Å². The minimum absolute atomic E-state index is 0.0513. The number of alkyl carbamates (subject to hydrolysis) is 1. The van der Waals surface area contributed by atoms with Gasteiger partial charge in [0.05, 0.1) is 12.5 Å². The van der Waals surface area contributed by atoms with Crippen LogP contribution in [-0.4, -0.2) is 61.1 Å². The van der Waals surface area contributed by atoms with Crippen LogP contribution in [0.4, 0.5) is 10.5 Å². The molecule has 1 aromatic carbocycles. The lowest BCUT2D eigenvalue weighted by atomic mass is 9.97. The average molecular weight is 419 g/mol. The zero-order valence-electron chi connectivity index (χ0n) is 18.4. The number of hydrogen-bond donors (Lipinski definition) is 3. The highest BCUT2D eigenvalue weighted by Crippen LogP contribution is 2.17. The lowest BCUT2D eigenvalue weighted by molar-refractivity contribution is -0.127. The van der Waals surface area contributed by atoms with Gasteiger partial charge in [0.15, 0.2) is 0 Å². The molecule has 1 unspecified atom stereocenters. The molecule has 1 saturated heterocycles. The summed E-state index contributed by atoms with van der Waals surface area (Å²) in [7, 11) is 0. The highest BCUT2D eigenvalue weighted by molar-refractivity contribution is 5.92. The summed E-state index contributed by atoms with van der Waals surface area (Å²) < 4.78 is 5.15. The van der Waals surface area contributed by atoms with Crippen molar-refractivity contribution in [3.8, 4) is 0 Å². The molecule has 0 spiro atoms. The molecule has 0 aliphatic carbocycles. The maximum Gasteiger partial charge on any atom is 0.407 e. The van der Waals surface area contributed by atoms with Gasteiger partial charge in [-0.25, -0.2) is 4.79 Å². The Morgan fingerprint density at radius 2 is 1.77 bits per heavy atom. The van der Waals surface area contributed by atoms with Crippen molar-refractivity contribution in [3.05, 3.63) is 29.8 Å². The van der Waals surface area contributed by atoms with Crippen molar-refractivity contribution < 1.29 is 19.1 Å². The summed E-state index contributed by atoms with van der Waals surface area (Å²) in [4.78, 5) is 38.4. The molecule has 1 atom stereocenters. The fourth-order valence-electron chi connectivity index (χ4n) is 3.26. The minimum Gasteiger partial charge on any atom is -0.444 e. The molecule has 1 aliphatic heterocycles. The summed E-state index contributed by atoms with van der Waals surface area (Å²) in [6.07, 6.45) is 1.16. The van der Waals surface area contributed by atoms with Crippen molar-refractivity contribution in [2.45, 2.75) is 46.1 Å². The average Bonchev–Trinajstić information content (AvgIpc) is 2.65. The van der Waals surface area contributed by atoms with Crippen LogP contribution in [-0.2, 0) is 14.3 Å². The molecule has 0 saturated carbocycles. The summed E-state index contributed by atoms with van der Waals surface area (Å²) in [5.74, 6) is -0.293. The molecule has 1 aliphatic rings. The molecule has 0 radical (unpaired) electrons. The fraction of sp³-hybridized carbons (Fsp3) is 0.591. The lowest BCUT2D eigenvalue weighted by Crippen LogP contribution is -2.46. The molecule has 1 heterocycles. The first-order valence-corrected chi connectivity index (χ1v) is 10.5. The molecule has 3 amide bonds. The molecule has 30 heavy (non-hydrogen) atoms. The van der Waals surface area contributed by atoms with Gasteiger partial charge >= 0.3 is 6.09 Å². The van der Waals surface area contributed by atoms with Gasteiger partial charge in [0, 0.05) is 25.3 Å². The van der Waals surface area contributed by atoms with E-state index in [1.165, 1.54) is 0 Å². The number of nitrogens with one attached hydrogen (secondary N) is 3. The van der Waals surface area contributed by atoms with E-state index in [4.69, 9.17) is 4.74 Å². The Bertz CT molecular complexity index is 728. The van der Waals surface area contributed by atoms with Crippen LogP contribution in [0.25, 0.3) is 0 Å². The number of carbonyl (C=O) groups is 3. The van der Waals surface area contributed by atoms with Crippen LogP contribution >= 0.6 is 0 Å². The Hall–Kier alpha value is -2.61. The second kappa shape index (κ2) is 11.0. The summed E-state index contributed by atoms with van der Waals surface area (Å²) in [5.41, 5.74) is 1.36. The van der Waals surface area contributed by atoms with Gasteiger partial charge in [-0.15, -0.1) is 0 Å². The number of carbonyl (C=O) groups excluding carboxylic acids is 3. The van der Waals surface area contributed by atoms with E-state index in [9.17, 15) is 14.4 Å². The zero-order chi connectivity index (χ0) is 22.1. The van der Waals surface area contributed by atoms with Crippen molar-refractivity contribution in [1.29, 1.82) is 0 Å². The molecular formula is C22H34N4O4. The van der Waals surface area contributed by atoms with E-state index in [0.29, 0.717) is 19.6 Å². The number of anilines is 1. The number of benzene rings is 1. The van der Waals surface area contributed by atoms with E-state index in [1.54, 1.807) is 20.8 Å². The van der Waals surface area contributed by atoms with E-state index >= 15 is 0 Å². The molecule has 0 aromatic heterocycles. The molecule has 1 fully saturated rings. The Morgan fingerprint density at radius 1 is 1.10 bits per heavy atom. The molecule has 1 aromatic rings. The maximum atomic E-state index is 12.4. The van der Waals surface area contributed by atoms with E-state index in [1.807, 2.05) is 36.1 Å². The first-order chi connectivity index (χ1) is 14.1. The number of hydrogen-bond acceptors (Lipinski definition) is 5. The molecule has 0 bridgehead atoms. The van der Waals surface area contributed by atoms with Gasteiger partial charge in [0.2, 0.25) is 11.8 Å². The van der Waals surface area contributed by atoms with Crippen LogP contribution in [0.5, 0.6) is 0 Å². The third kappa shape index (κ3) is 8.82. The van der Waals surface area contributed by atoms with Crippen LogP contribution in [0, 0.1) is 12.8 Å². The van der Waals surface area contributed by atoms with Crippen molar-refractivity contribution >= 4 is 23.6 Å². The van der Waals surface area contributed by atoms with E-state index in [2.05, 4.69) is 16.0 Å². The number of aryl methyl sites for hydroxylation is 1. The second-order valence-electron chi connectivity index (χ2n) is 8.71. The molecule has 2 rings (SSSR count). The summed E-state index contributed by atoms with van der Waals surface area (Å²) >= 11 is 0. The van der Waals surface area contributed by atoms with Crippen LogP contribution < -0.4 is 16.0 Å². The third-order valence-electron chi connectivity index (χ3n) is 4.67. The molecular weight excluding hydrogens is 384 g/mol. The summed E-state index contributed by atoms with van der Waals surface area (Å²) in [6, 6.07) is 7.67. The zero-order valence-corrected chi connectivity index (χ0v) is 18.4.